The molecule has 2 rings (SSSR count). The first kappa shape index (κ1) is 11.5. The molecule has 0 bridgehead atoms. The maximum Gasteiger partial charge on any atom is 0.228 e. The average molecular weight is 287 g/mol. The van der Waals surface area contributed by atoms with Crippen LogP contribution in [0.25, 0.3) is 0 Å². The minimum absolute atomic E-state index is 0.0571. The Hall–Kier alpha value is -0.940. The number of benzene rings is 1. The summed E-state index contributed by atoms with van der Waals surface area (Å²) in [6.45, 7) is 1.51. The summed E-state index contributed by atoms with van der Waals surface area (Å²) in [5.74, 6) is -0.595. The minimum Gasteiger partial charge on any atom is -0.323 e. The van der Waals surface area contributed by atoms with Crippen molar-refractivity contribution in [2.24, 2.45) is 5.92 Å². The molecule has 1 aromatic carbocycles. The standard InChI is InChI=1S/C11H12BrFN2O/c12-8-1-2-9(13)10(5-8)15-11(16)7-3-4-14-6-7/h1-2,5,7,14H,3-4,6H2,(H,15,16). The highest BCUT2D eigenvalue weighted by molar-refractivity contribution is 9.10. The van der Waals surface area contributed by atoms with Gasteiger partial charge in [0, 0.05) is 11.0 Å². The molecule has 16 heavy (non-hydrogen) atoms. The van der Waals surface area contributed by atoms with Gasteiger partial charge in [-0.25, -0.2) is 4.39 Å². The summed E-state index contributed by atoms with van der Waals surface area (Å²) in [7, 11) is 0. The van der Waals surface area contributed by atoms with Crippen LogP contribution in [0.2, 0.25) is 0 Å². The predicted octanol–water partition coefficient (Wildman–Crippen LogP) is 2.14. The number of anilines is 1. The molecule has 0 aliphatic carbocycles. The number of halogens is 2. The Morgan fingerprint density at radius 2 is 2.38 bits per heavy atom. The fourth-order valence-corrected chi connectivity index (χ4v) is 2.07. The summed E-state index contributed by atoms with van der Waals surface area (Å²) in [6, 6.07) is 4.49. The molecule has 1 heterocycles. The maximum absolute atomic E-state index is 13.4. The zero-order valence-corrected chi connectivity index (χ0v) is 10.2. The molecule has 0 spiro atoms. The lowest BCUT2D eigenvalue weighted by Crippen LogP contribution is -2.25. The average Bonchev–Trinajstić information content (AvgIpc) is 2.76. The summed E-state index contributed by atoms with van der Waals surface area (Å²) in [5, 5.41) is 5.71. The number of nitrogens with one attached hydrogen (secondary N) is 2. The Morgan fingerprint density at radius 1 is 1.56 bits per heavy atom. The lowest BCUT2D eigenvalue weighted by atomic mass is 10.1. The van der Waals surface area contributed by atoms with Crippen molar-refractivity contribution in [2.45, 2.75) is 6.42 Å². The van der Waals surface area contributed by atoms with Gasteiger partial charge in [-0.2, -0.15) is 0 Å². The van der Waals surface area contributed by atoms with E-state index in [1.54, 1.807) is 12.1 Å². The third-order valence-electron chi connectivity index (χ3n) is 2.62. The third kappa shape index (κ3) is 2.59. The second kappa shape index (κ2) is 4.93. The van der Waals surface area contributed by atoms with E-state index in [0.29, 0.717) is 6.54 Å². The molecule has 1 unspecified atom stereocenters. The first-order chi connectivity index (χ1) is 7.66. The van der Waals surface area contributed by atoms with E-state index < -0.39 is 5.82 Å². The topological polar surface area (TPSA) is 41.1 Å². The highest BCUT2D eigenvalue weighted by Crippen LogP contribution is 2.21. The van der Waals surface area contributed by atoms with Gasteiger partial charge < -0.3 is 10.6 Å². The fraction of sp³-hybridized carbons (Fsp3) is 0.364. The number of hydrogen-bond donors (Lipinski definition) is 2. The Bertz CT molecular complexity index is 405. The summed E-state index contributed by atoms with van der Waals surface area (Å²) in [6.07, 6.45) is 0.807. The Labute approximate surface area is 102 Å². The minimum atomic E-state index is -0.414. The van der Waals surface area contributed by atoms with Gasteiger partial charge in [0.15, 0.2) is 0 Å². The van der Waals surface area contributed by atoms with Gasteiger partial charge in [-0.15, -0.1) is 0 Å². The zero-order chi connectivity index (χ0) is 11.5. The van der Waals surface area contributed by atoms with Crippen molar-refractivity contribution in [2.75, 3.05) is 18.4 Å². The van der Waals surface area contributed by atoms with Crippen molar-refractivity contribution in [3.05, 3.63) is 28.5 Å². The molecular formula is C11H12BrFN2O. The molecule has 0 saturated carbocycles. The van der Waals surface area contributed by atoms with Crippen LogP contribution >= 0.6 is 15.9 Å². The van der Waals surface area contributed by atoms with Crippen LogP contribution in [0.3, 0.4) is 0 Å². The van der Waals surface area contributed by atoms with Crippen molar-refractivity contribution >= 4 is 27.5 Å². The number of rotatable bonds is 2. The summed E-state index contributed by atoms with van der Waals surface area (Å²) in [4.78, 5) is 11.7. The van der Waals surface area contributed by atoms with Gasteiger partial charge in [0.2, 0.25) is 5.91 Å². The molecule has 86 valence electrons. The van der Waals surface area contributed by atoms with Crippen LogP contribution in [-0.2, 0) is 4.79 Å². The molecule has 1 aliphatic rings. The highest BCUT2D eigenvalue weighted by atomic mass is 79.9. The fourth-order valence-electron chi connectivity index (χ4n) is 1.71. The van der Waals surface area contributed by atoms with Crippen molar-refractivity contribution in [1.29, 1.82) is 0 Å². The van der Waals surface area contributed by atoms with E-state index in [4.69, 9.17) is 0 Å². The van der Waals surface area contributed by atoms with E-state index in [1.807, 2.05) is 0 Å². The molecule has 0 radical (unpaired) electrons. The maximum atomic E-state index is 13.4. The van der Waals surface area contributed by atoms with Gasteiger partial charge in [-0.05, 0) is 31.2 Å². The molecule has 3 nitrogen and oxygen atoms in total. The van der Waals surface area contributed by atoms with E-state index in [2.05, 4.69) is 26.6 Å². The number of amides is 1. The number of carbonyl (C=O) groups is 1. The van der Waals surface area contributed by atoms with Gasteiger partial charge in [0.05, 0.1) is 11.6 Å². The molecular weight excluding hydrogens is 275 g/mol. The van der Waals surface area contributed by atoms with Crippen molar-refractivity contribution in [3.8, 4) is 0 Å². The Morgan fingerprint density at radius 3 is 3.06 bits per heavy atom. The monoisotopic (exact) mass is 286 g/mol. The zero-order valence-electron chi connectivity index (χ0n) is 8.59. The number of carbonyl (C=O) groups excluding carboxylic acids is 1. The van der Waals surface area contributed by atoms with Crippen LogP contribution in [0.5, 0.6) is 0 Å². The molecule has 1 atom stereocenters. The molecule has 1 aliphatic heterocycles. The SMILES string of the molecule is O=C(Nc1cc(Br)ccc1F)C1CCNC1. The van der Waals surface area contributed by atoms with Crippen molar-refractivity contribution in [3.63, 3.8) is 0 Å². The van der Waals surface area contributed by atoms with E-state index in [0.717, 1.165) is 17.4 Å². The van der Waals surface area contributed by atoms with Crippen LogP contribution < -0.4 is 10.6 Å². The van der Waals surface area contributed by atoms with Gasteiger partial charge in [-0.1, -0.05) is 15.9 Å². The Kier molecular flexibility index (Phi) is 3.56. The smallest absolute Gasteiger partial charge is 0.228 e. The van der Waals surface area contributed by atoms with Crippen LogP contribution in [0.1, 0.15) is 6.42 Å². The summed E-state index contributed by atoms with van der Waals surface area (Å²) in [5.41, 5.74) is 0.228. The largest absolute Gasteiger partial charge is 0.323 e. The lowest BCUT2D eigenvalue weighted by molar-refractivity contribution is -0.119. The molecule has 1 aromatic rings. The second-order valence-electron chi connectivity index (χ2n) is 3.80. The van der Waals surface area contributed by atoms with E-state index in [-0.39, 0.29) is 17.5 Å². The van der Waals surface area contributed by atoms with Crippen LogP contribution in [0, 0.1) is 11.7 Å². The summed E-state index contributed by atoms with van der Waals surface area (Å²) >= 11 is 3.24. The van der Waals surface area contributed by atoms with E-state index in [1.165, 1.54) is 6.07 Å². The van der Waals surface area contributed by atoms with Crippen LogP contribution in [0.4, 0.5) is 10.1 Å². The summed E-state index contributed by atoms with van der Waals surface area (Å²) < 4.78 is 14.1. The second-order valence-corrected chi connectivity index (χ2v) is 4.72. The van der Waals surface area contributed by atoms with Gasteiger partial charge in [-0.3, -0.25) is 4.79 Å². The first-order valence-corrected chi connectivity index (χ1v) is 5.93. The molecule has 5 heteroatoms. The molecule has 1 amide bonds. The lowest BCUT2D eigenvalue weighted by Gasteiger charge is -2.10. The van der Waals surface area contributed by atoms with Crippen LogP contribution in [0.15, 0.2) is 22.7 Å². The number of hydrogen-bond acceptors (Lipinski definition) is 2. The highest BCUT2D eigenvalue weighted by Gasteiger charge is 2.22. The third-order valence-corrected chi connectivity index (χ3v) is 3.11. The van der Waals surface area contributed by atoms with Gasteiger partial charge in [0.25, 0.3) is 0 Å². The predicted molar refractivity (Wildman–Crippen MR) is 63.7 cm³/mol. The van der Waals surface area contributed by atoms with Crippen LogP contribution in [-0.4, -0.2) is 19.0 Å². The van der Waals surface area contributed by atoms with Gasteiger partial charge in [0.1, 0.15) is 5.82 Å². The molecule has 2 N–H and O–H groups in total. The van der Waals surface area contributed by atoms with Crippen molar-refractivity contribution in [1.82, 2.24) is 5.32 Å². The normalized spacial score (nSPS) is 19.8. The van der Waals surface area contributed by atoms with Gasteiger partial charge >= 0.3 is 0 Å². The first-order valence-electron chi connectivity index (χ1n) is 5.13. The Balaban J connectivity index is 2.07. The molecule has 1 saturated heterocycles. The molecule has 0 aromatic heterocycles. The van der Waals surface area contributed by atoms with E-state index >= 15 is 0 Å². The van der Waals surface area contributed by atoms with Crippen molar-refractivity contribution < 1.29 is 9.18 Å². The molecule has 1 fully saturated rings. The quantitative estimate of drug-likeness (QED) is 0.875. The van der Waals surface area contributed by atoms with E-state index in [9.17, 15) is 9.18 Å².